The highest BCUT2D eigenvalue weighted by atomic mass is 14.8. The molecule has 0 radical (unpaired) electrons. The molecule has 1 atom stereocenters. The average Bonchev–Trinajstić information content (AvgIpc) is 2.03. The lowest BCUT2D eigenvalue weighted by atomic mass is 9.94. The van der Waals surface area contributed by atoms with E-state index in [-0.39, 0.29) is 0 Å². The molecule has 10 heavy (non-hydrogen) atoms. The van der Waals surface area contributed by atoms with Crippen LogP contribution in [-0.2, 0) is 0 Å². The van der Waals surface area contributed by atoms with Crippen molar-refractivity contribution in [3.05, 3.63) is 12.2 Å². The molecule has 1 N–H and O–H groups in total. The minimum Gasteiger partial charge on any atom is -0.317 e. The molecule has 1 heteroatoms. The minimum absolute atomic E-state index is 0.907. The van der Waals surface area contributed by atoms with Crippen LogP contribution in [0.15, 0.2) is 12.2 Å². The summed E-state index contributed by atoms with van der Waals surface area (Å²) in [5.74, 6) is 0.907. The fraction of sp³-hybridized carbons (Fsp3) is 0.778. The molecule has 1 unspecified atom stereocenters. The van der Waals surface area contributed by atoms with Crippen LogP contribution in [0.3, 0.4) is 0 Å². The molecule has 58 valence electrons. The molecule has 0 bridgehead atoms. The second-order valence-corrected chi connectivity index (χ2v) is 2.96. The molecule has 0 heterocycles. The maximum Gasteiger partial charge on any atom is -0.00176 e. The first kappa shape index (κ1) is 7.80. The highest BCUT2D eigenvalue weighted by Gasteiger charge is 2.07. The first-order valence-electron chi connectivity index (χ1n) is 4.29. The fourth-order valence-corrected chi connectivity index (χ4v) is 1.39. The maximum atomic E-state index is 3.38. The molecule has 1 aliphatic carbocycles. The van der Waals surface area contributed by atoms with Gasteiger partial charge in [-0.05, 0) is 38.3 Å². The summed E-state index contributed by atoms with van der Waals surface area (Å²) in [6, 6.07) is 0. The summed E-state index contributed by atoms with van der Waals surface area (Å²) >= 11 is 0. The van der Waals surface area contributed by atoms with Crippen LogP contribution >= 0.6 is 0 Å². The Labute approximate surface area is 63.5 Å². The van der Waals surface area contributed by atoms with Gasteiger partial charge in [0, 0.05) is 0 Å². The summed E-state index contributed by atoms with van der Waals surface area (Å²) in [5.41, 5.74) is 0. The summed E-state index contributed by atoms with van der Waals surface area (Å²) in [6.45, 7) is 4.49. The van der Waals surface area contributed by atoms with E-state index in [9.17, 15) is 0 Å². The third-order valence-corrected chi connectivity index (χ3v) is 2.06. The largest absolute Gasteiger partial charge is 0.317 e. The summed E-state index contributed by atoms with van der Waals surface area (Å²) in [4.78, 5) is 0. The van der Waals surface area contributed by atoms with E-state index in [4.69, 9.17) is 0 Å². The van der Waals surface area contributed by atoms with Crippen molar-refractivity contribution in [2.45, 2.75) is 26.2 Å². The molecule has 1 rings (SSSR count). The van der Waals surface area contributed by atoms with Gasteiger partial charge in [0.15, 0.2) is 0 Å². The third kappa shape index (κ3) is 2.53. The van der Waals surface area contributed by atoms with Gasteiger partial charge in [0.1, 0.15) is 0 Å². The van der Waals surface area contributed by atoms with Crippen molar-refractivity contribution < 1.29 is 0 Å². The molecule has 0 fully saturated rings. The molecule has 0 aromatic rings. The zero-order chi connectivity index (χ0) is 7.23. The van der Waals surface area contributed by atoms with E-state index in [1.807, 2.05) is 0 Å². The monoisotopic (exact) mass is 139 g/mol. The lowest BCUT2D eigenvalue weighted by molar-refractivity contribution is 0.447. The maximum absolute atomic E-state index is 3.38. The normalized spacial score (nSPS) is 25.1. The van der Waals surface area contributed by atoms with E-state index in [0.29, 0.717) is 0 Å². The van der Waals surface area contributed by atoms with Gasteiger partial charge in [-0.3, -0.25) is 0 Å². The topological polar surface area (TPSA) is 12.0 Å². The lowest BCUT2D eigenvalue weighted by Gasteiger charge is -2.17. The minimum atomic E-state index is 0.907. The zero-order valence-corrected chi connectivity index (χ0v) is 6.77. The van der Waals surface area contributed by atoms with Crippen molar-refractivity contribution in [1.82, 2.24) is 5.32 Å². The molecule has 0 saturated heterocycles. The van der Waals surface area contributed by atoms with E-state index in [1.54, 1.807) is 0 Å². The summed E-state index contributed by atoms with van der Waals surface area (Å²) in [7, 11) is 0. The van der Waals surface area contributed by atoms with Crippen LogP contribution in [0.4, 0.5) is 0 Å². The van der Waals surface area contributed by atoms with Crippen LogP contribution in [0.25, 0.3) is 0 Å². The van der Waals surface area contributed by atoms with Gasteiger partial charge in [0.2, 0.25) is 0 Å². The Hall–Kier alpha value is -0.300. The third-order valence-electron chi connectivity index (χ3n) is 2.06. The SMILES string of the molecule is CCNCC1CC=CCC1. The van der Waals surface area contributed by atoms with Gasteiger partial charge in [-0.1, -0.05) is 19.1 Å². The number of allylic oxidation sites excluding steroid dienone is 2. The molecule has 0 aliphatic heterocycles. The molecule has 0 aromatic carbocycles. The second kappa shape index (κ2) is 4.51. The van der Waals surface area contributed by atoms with Gasteiger partial charge in [-0.15, -0.1) is 0 Å². The Morgan fingerprint density at radius 3 is 3.00 bits per heavy atom. The molecular formula is C9H17N. The van der Waals surface area contributed by atoms with Crippen LogP contribution in [0.2, 0.25) is 0 Å². The number of nitrogens with one attached hydrogen (secondary N) is 1. The Morgan fingerprint density at radius 1 is 1.50 bits per heavy atom. The number of rotatable bonds is 3. The second-order valence-electron chi connectivity index (χ2n) is 2.96. The average molecular weight is 139 g/mol. The van der Waals surface area contributed by atoms with Crippen molar-refractivity contribution >= 4 is 0 Å². The highest BCUT2D eigenvalue weighted by molar-refractivity contribution is 4.90. The zero-order valence-electron chi connectivity index (χ0n) is 6.77. The van der Waals surface area contributed by atoms with Crippen LogP contribution in [0, 0.1) is 5.92 Å². The van der Waals surface area contributed by atoms with Gasteiger partial charge in [0.25, 0.3) is 0 Å². The predicted octanol–water partition coefficient (Wildman–Crippen LogP) is 1.95. The first-order valence-corrected chi connectivity index (χ1v) is 4.29. The van der Waals surface area contributed by atoms with Crippen LogP contribution in [0.5, 0.6) is 0 Å². The lowest BCUT2D eigenvalue weighted by Crippen LogP contribution is -2.22. The molecule has 0 saturated carbocycles. The Bertz CT molecular complexity index is 107. The van der Waals surface area contributed by atoms with E-state index in [0.717, 1.165) is 12.5 Å². The molecule has 0 spiro atoms. The Balaban J connectivity index is 2.10. The van der Waals surface area contributed by atoms with Crippen molar-refractivity contribution in [2.75, 3.05) is 13.1 Å². The summed E-state index contributed by atoms with van der Waals surface area (Å²) < 4.78 is 0. The van der Waals surface area contributed by atoms with E-state index >= 15 is 0 Å². The van der Waals surface area contributed by atoms with Gasteiger partial charge in [0.05, 0.1) is 0 Å². The fourth-order valence-electron chi connectivity index (χ4n) is 1.39. The predicted molar refractivity (Wildman–Crippen MR) is 45.0 cm³/mol. The summed E-state index contributed by atoms with van der Waals surface area (Å²) in [6.07, 6.45) is 8.56. The standard InChI is InChI=1S/C9H17N/c1-2-10-8-9-6-4-3-5-7-9/h3-4,9-10H,2,5-8H2,1H3. The van der Waals surface area contributed by atoms with Crippen molar-refractivity contribution in [3.8, 4) is 0 Å². The number of hydrogen-bond acceptors (Lipinski definition) is 1. The van der Waals surface area contributed by atoms with Crippen LogP contribution < -0.4 is 5.32 Å². The van der Waals surface area contributed by atoms with E-state index < -0.39 is 0 Å². The molecule has 1 aliphatic rings. The van der Waals surface area contributed by atoms with Crippen molar-refractivity contribution in [2.24, 2.45) is 5.92 Å². The van der Waals surface area contributed by atoms with Gasteiger partial charge >= 0.3 is 0 Å². The van der Waals surface area contributed by atoms with E-state index in [2.05, 4.69) is 24.4 Å². The molecular weight excluding hydrogens is 122 g/mol. The van der Waals surface area contributed by atoms with Crippen LogP contribution in [0.1, 0.15) is 26.2 Å². The highest BCUT2D eigenvalue weighted by Crippen LogP contribution is 2.16. The van der Waals surface area contributed by atoms with E-state index in [1.165, 1.54) is 25.8 Å². The van der Waals surface area contributed by atoms with Crippen molar-refractivity contribution in [1.29, 1.82) is 0 Å². The van der Waals surface area contributed by atoms with Crippen molar-refractivity contribution in [3.63, 3.8) is 0 Å². The summed E-state index contributed by atoms with van der Waals surface area (Å²) in [5, 5.41) is 3.38. The molecule has 0 amide bonds. The van der Waals surface area contributed by atoms with Gasteiger partial charge < -0.3 is 5.32 Å². The van der Waals surface area contributed by atoms with Crippen LogP contribution in [-0.4, -0.2) is 13.1 Å². The molecule has 1 nitrogen and oxygen atoms in total. The van der Waals surface area contributed by atoms with Gasteiger partial charge in [-0.25, -0.2) is 0 Å². The quantitative estimate of drug-likeness (QED) is 0.589. The smallest absolute Gasteiger partial charge is 0.00176 e. The first-order chi connectivity index (χ1) is 4.93. The number of hydrogen-bond donors (Lipinski definition) is 1. The van der Waals surface area contributed by atoms with Gasteiger partial charge in [-0.2, -0.15) is 0 Å². The molecule has 0 aromatic heterocycles. The Morgan fingerprint density at radius 2 is 2.40 bits per heavy atom. The Kier molecular flexibility index (Phi) is 3.52.